The summed E-state index contributed by atoms with van der Waals surface area (Å²) in [5.74, 6) is -1.18. The Morgan fingerprint density at radius 2 is 2.28 bits per heavy atom. The van der Waals surface area contributed by atoms with Crippen molar-refractivity contribution in [2.75, 3.05) is 5.73 Å². The van der Waals surface area contributed by atoms with Gasteiger partial charge in [0.25, 0.3) is 0 Å². The van der Waals surface area contributed by atoms with Crippen LogP contribution in [0.15, 0.2) is 28.9 Å². The van der Waals surface area contributed by atoms with E-state index in [-0.39, 0.29) is 11.4 Å². The van der Waals surface area contributed by atoms with Crippen molar-refractivity contribution in [1.29, 1.82) is 5.26 Å². The Morgan fingerprint density at radius 1 is 1.56 bits per heavy atom. The molecule has 90 valence electrons. The molecule has 7 heteroatoms. The Morgan fingerprint density at radius 3 is 2.78 bits per heavy atom. The zero-order valence-electron chi connectivity index (χ0n) is 8.96. The van der Waals surface area contributed by atoms with Gasteiger partial charge in [-0.1, -0.05) is 0 Å². The summed E-state index contributed by atoms with van der Waals surface area (Å²) in [6.07, 6.45) is 1.41. The first-order chi connectivity index (χ1) is 8.52. The van der Waals surface area contributed by atoms with Gasteiger partial charge < -0.3 is 10.8 Å². The van der Waals surface area contributed by atoms with Crippen LogP contribution in [0.4, 0.5) is 5.69 Å². The Kier molecular flexibility index (Phi) is 3.04. The Balaban J connectivity index is 2.50. The number of nitrogens with two attached hydrogens (primary N) is 1. The molecular weight excluding hydrogens is 300 g/mol. The van der Waals surface area contributed by atoms with Crippen LogP contribution in [0, 0.1) is 11.3 Å². The molecule has 0 saturated heterocycles. The molecule has 1 aromatic heterocycles. The first-order valence-electron chi connectivity index (χ1n) is 4.81. The predicted octanol–water partition coefficient (Wildman–Crippen LogP) is 1.79. The highest BCUT2D eigenvalue weighted by Crippen LogP contribution is 2.21. The molecule has 2 aromatic rings. The minimum absolute atomic E-state index is 0.0861. The van der Waals surface area contributed by atoms with Crippen molar-refractivity contribution in [3.63, 3.8) is 0 Å². The van der Waals surface area contributed by atoms with E-state index in [4.69, 9.17) is 16.1 Å². The minimum Gasteiger partial charge on any atom is -0.476 e. The quantitative estimate of drug-likeness (QED) is 0.880. The maximum Gasteiger partial charge on any atom is 0.358 e. The number of carbonyl (C=O) groups is 1. The number of carboxylic acid groups (broad SMARTS) is 1. The molecule has 0 saturated carbocycles. The van der Waals surface area contributed by atoms with Crippen LogP contribution in [0.3, 0.4) is 0 Å². The van der Waals surface area contributed by atoms with E-state index in [0.29, 0.717) is 15.7 Å². The van der Waals surface area contributed by atoms with Gasteiger partial charge in [0.1, 0.15) is 6.07 Å². The van der Waals surface area contributed by atoms with Gasteiger partial charge in [-0.15, -0.1) is 0 Å². The van der Waals surface area contributed by atoms with Crippen LogP contribution < -0.4 is 5.73 Å². The molecule has 0 aliphatic carbocycles. The van der Waals surface area contributed by atoms with Crippen LogP contribution in [0.25, 0.3) is 5.69 Å². The number of nitrogen functional groups attached to an aromatic ring is 1. The maximum atomic E-state index is 10.8. The summed E-state index contributed by atoms with van der Waals surface area (Å²) in [6.45, 7) is 0. The Labute approximate surface area is 110 Å². The molecule has 18 heavy (non-hydrogen) atoms. The minimum atomic E-state index is -1.18. The van der Waals surface area contributed by atoms with Crippen LogP contribution in [-0.4, -0.2) is 20.9 Å². The van der Waals surface area contributed by atoms with Crippen molar-refractivity contribution in [3.05, 3.63) is 40.1 Å². The van der Waals surface area contributed by atoms with Gasteiger partial charge in [-0.2, -0.15) is 10.4 Å². The monoisotopic (exact) mass is 306 g/mol. The molecule has 1 aromatic carbocycles. The van der Waals surface area contributed by atoms with Gasteiger partial charge >= 0.3 is 5.97 Å². The molecule has 0 bridgehead atoms. The summed E-state index contributed by atoms with van der Waals surface area (Å²) in [4.78, 5) is 10.8. The second-order valence-electron chi connectivity index (χ2n) is 3.46. The summed E-state index contributed by atoms with van der Waals surface area (Å²) in [5, 5.41) is 21.5. The average Bonchev–Trinajstić information content (AvgIpc) is 2.71. The SMILES string of the molecule is N#Cc1ccc(-n2cc(N)c(C(=O)O)n2)cc1Br. The van der Waals surface area contributed by atoms with E-state index in [2.05, 4.69) is 21.0 Å². The molecule has 0 aliphatic heterocycles. The standard InChI is InChI=1S/C11H7BrN4O2/c12-8-3-7(2-1-6(8)4-13)16-5-9(14)10(15-16)11(17)18/h1-3,5H,14H2,(H,17,18). The number of hydrogen-bond acceptors (Lipinski definition) is 4. The Hall–Kier alpha value is -2.33. The van der Waals surface area contributed by atoms with Gasteiger partial charge in [0.15, 0.2) is 5.69 Å². The van der Waals surface area contributed by atoms with Crippen LogP contribution in [0.2, 0.25) is 0 Å². The van der Waals surface area contributed by atoms with Crippen molar-refractivity contribution < 1.29 is 9.90 Å². The molecule has 2 rings (SSSR count). The molecule has 0 spiro atoms. The number of hydrogen-bond donors (Lipinski definition) is 2. The molecule has 6 nitrogen and oxygen atoms in total. The average molecular weight is 307 g/mol. The van der Waals surface area contributed by atoms with Gasteiger partial charge in [-0.05, 0) is 34.1 Å². The van der Waals surface area contributed by atoms with E-state index in [0.717, 1.165) is 0 Å². The van der Waals surface area contributed by atoms with Gasteiger partial charge in [-0.3, -0.25) is 0 Å². The maximum absolute atomic E-state index is 10.8. The predicted molar refractivity (Wildman–Crippen MR) is 67.4 cm³/mol. The third kappa shape index (κ3) is 2.06. The highest BCUT2D eigenvalue weighted by atomic mass is 79.9. The number of aromatic carboxylic acids is 1. The molecule has 3 N–H and O–H groups in total. The van der Waals surface area contributed by atoms with E-state index in [1.54, 1.807) is 18.2 Å². The van der Waals surface area contributed by atoms with Gasteiger partial charge in [0.05, 0.1) is 23.1 Å². The topological polar surface area (TPSA) is 105 Å². The summed E-state index contributed by atoms with van der Waals surface area (Å²) >= 11 is 3.25. The second-order valence-corrected chi connectivity index (χ2v) is 4.31. The fraction of sp³-hybridized carbons (Fsp3) is 0. The number of nitrogens with zero attached hydrogens (tertiary/aromatic N) is 3. The van der Waals surface area contributed by atoms with Crippen molar-refractivity contribution >= 4 is 27.6 Å². The molecule has 0 aliphatic rings. The Bertz CT molecular complexity index is 672. The van der Waals surface area contributed by atoms with E-state index in [1.807, 2.05) is 6.07 Å². The van der Waals surface area contributed by atoms with Crippen molar-refractivity contribution in [2.45, 2.75) is 0 Å². The van der Waals surface area contributed by atoms with Crippen molar-refractivity contribution in [2.24, 2.45) is 0 Å². The molecular formula is C11H7BrN4O2. The van der Waals surface area contributed by atoms with Crippen LogP contribution in [0.1, 0.15) is 16.1 Å². The third-order valence-electron chi connectivity index (χ3n) is 2.28. The first-order valence-corrected chi connectivity index (χ1v) is 5.60. The lowest BCUT2D eigenvalue weighted by molar-refractivity contribution is 0.0691. The number of carboxylic acids is 1. The van der Waals surface area contributed by atoms with Crippen LogP contribution >= 0.6 is 15.9 Å². The molecule has 0 unspecified atom stereocenters. The number of rotatable bonds is 2. The summed E-state index contributed by atoms with van der Waals surface area (Å²) < 4.78 is 1.96. The van der Waals surface area contributed by atoms with Gasteiger partial charge in [0, 0.05) is 4.47 Å². The zero-order chi connectivity index (χ0) is 13.3. The van der Waals surface area contributed by atoms with Gasteiger partial charge in [-0.25, -0.2) is 9.48 Å². The van der Waals surface area contributed by atoms with Crippen LogP contribution in [0.5, 0.6) is 0 Å². The van der Waals surface area contributed by atoms with E-state index in [9.17, 15) is 4.79 Å². The lowest BCUT2D eigenvalue weighted by atomic mass is 10.2. The summed E-state index contributed by atoms with van der Waals surface area (Å²) in [7, 11) is 0. The fourth-order valence-corrected chi connectivity index (χ4v) is 1.88. The summed E-state index contributed by atoms with van der Waals surface area (Å²) in [5.41, 5.74) is 6.53. The van der Waals surface area contributed by atoms with E-state index in [1.165, 1.54) is 10.9 Å². The lowest BCUT2D eigenvalue weighted by Gasteiger charge is -2.02. The third-order valence-corrected chi connectivity index (χ3v) is 2.94. The molecule has 0 radical (unpaired) electrons. The van der Waals surface area contributed by atoms with E-state index >= 15 is 0 Å². The highest BCUT2D eigenvalue weighted by Gasteiger charge is 2.14. The first kappa shape index (κ1) is 12.1. The lowest BCUT2D eigenvalue weighted by Crippen LogP contribution is -2.02. The number of aromatic nitrogens is 2. The second kappa shape index (κ2) is 4.50. The molecule has 0 amide bonds. The van der Waals surface area contributed by atoms with Crippen molar-refractivity contribution in [1.82, 2.24) is 9.78 Å². The van der Waals surface area contributed by atoms with E-state index < -0.39 is 5.97 Å². The zero-order valence-corrected chi connectivity index (χ0v) is 10.5. The number of halogens is 1. The normalized spacial score (nSPS) is 10.0. The summed E-state index contributed by atoms with van der Waals surface area (Å²) in [6, 6.07) is 6.94. The van der Waals surface area contributed by atoms with Crippen molar-refractivity contribution in [3.8, 4) is 11.8 Å². The largest absolute Gasteiger partial charge is 0.476 e. The number of nitriles is 1. The molecule has 0 fully saturated rings. The molecule has 0 atom stereocenters. The smallest absolute Gasteiger partial charge is 0.358 e. The number of anilines is 1. The van der Waals surface area contributed by atoms with Crippen LogP contribution in [-0.2, 0) is 0 Å². The van der Waals surface area contributed by atoms with Gasteiger partial charge in [0.2, 0.25) is 0 Å². The molecule has 1 heterocycles. The number of benzene rings is 1. The highest BCUT2D eigenvalue weighted by molar-refractivity contribution is 9.10. The fourth-order valence-electron chi connectivity index (χ4n) is 1.42.